The zero-order chi connectivity index (χ0) is 15.4. The quantitative estimate of drug-likeness (QED) is 0.906. The summed E-state index contributed by atoms with van der Waals surface area (Å²) in [5.74, 6) is -0.447. The molecule has 1 saturated heterocycles. The largest absolute Gasteiger partial charge is 0.495 e. The van der Waals surface area contributed by atoms with E-state index < -0.39 is 12.0 Å². The number of aryl methyl sites for hydroxylation is 1. The fourth-order valence-electron chi connectivity index (χ4n) is 2.58. The number of methoxy groups -OCH3 is 1. The Balaban J connectivity index is 1.95. The Morgan fingerprint density at radius 2 is 2.24 bits per heavy atom. The lowest BCUT2D eigenvalue weighted by Gasteiger charge is -2.21. The van der Waals surface area contributed by atoms with E-state index in [1.807, 2.05) is 6.07 Å². The molecule has 1 aromatic carbocycles. The highest BCUT2D eigenvalue weighted by Gasteiger charge is 2.33. The summed E-state index contributed by atoms with van der Waals surface area (Å²) < 4.78 is 5.07. The number of amides is 1. The lowest BCUT2D eigenvalue weighted by Crippen LogP contribution is -2.40. The molecule has 1 heterocycles. The lowest BCUT2D eigenvalue weighted by atomic mass is 10.1. The molecule has 0 bridgehead atoms. The van der Waals surface area contributed by atoms with Crippen molar-refractivity contribution in [3.63, 3.8) is 0 Å². The van der Waals surface area contributed by atoms with Crippen LogP contribution in [0.25, 0.3) is 0 Å². The number of benzene rings is 1. The van der Waals surface area contributed by atoms with Gasteiger partial charge < -0.3 is 14.7 Å². The molecule has 0 saturated carbocycles. The summed E-state index contributed by atoms with van der Waals surface area (Å²) in [4.78, 5) is 24.7. The molecular weight excluding hydrogens is 294 g/mol. The highest BCUT2D eigenvalue weighted by molar-refractivity contribution is 6.32. The van der Waals surface area contributed by atoms with Crippen LogP contribution in [0.2, 0.25) is 5.02 Å². The van der Waals surface area contributed by atoms with E-state index in [1.165, 1.54) is 4.90 Å². The SMILES string of the molecule is COc1ccc(CCC(=O)N2CCC[C@@H]2C(=O)O)cc1Cl. The van der Waals surface area contributed by atoms with E-state index >= 15 is 0 Å². The van der Waals surface area contributed by atoms with Crippen molar-refractivity contribution in [1.29, 1.82) is 0 Å². The van der Waals surface area contributed by atoms with E-state index in [1.54, 1.807) is 19.2 Å². The zero-order valence-electron chi connectivity index (χ0n) is 11.8. The van der Waals surface area contributed by atoms with Crippen LogP contribution in [0.4, 0.5) is 0 Å². The van der Waals surface area contributed by atoms with Crippen molar-refractivity contribution < 1.29 is 19.4 Å². The van der Waals surface area contributed by atoms with Crippen molar-refractivity contribution >= 4 is 23.5 Å². The average molecular weight is 312 g/mol. The maximum atomic E-state index is 12.1. The molecule has 0 spiro atoms. The van der Waals surface area contributed by atoms with Gasteiger partial charge in [-0.1, -0.05) is 17.7 Å². The first-order chi connectivity index (χ1) is 10.0. The minimum Gasteiger partial charge on any atom is -0.495 e. The first-order valence-electron chi connectivity index (χ1n) is 6.87. The molecule has 114 valence electrons. The molecule has 1 N–H and O–H groups in total. The summed E-state index contributed by atoms with van der Waals surface area (Å²) >= 11 is 6.04. The van der Waals surface area contributed by atoms with Gasteiger partial charge in [-0.15, -0.1) is 0 Å². The van der Waals surface area contributed by atoms with E-state index in [2.05, 4.69) is 0 Å². The topological polar surface area (TPSA) is 66.8 Å². The van der Waals surface area contributed by atoms with E-state index in [0.717, 1.165) is 12.0 Å². The van der Waals surface area contributed by atoms with Crippen LogP contribution < -0.4 is 4.74 Å². The average Bonchev–Trinajstić information content (AvgIpc) is 2.94. The van der Waals surface area contributed by atoms with E-state index in [-0.39, 0.29) is 12.3 Å². The summed E-state index contributed by atoms with van der Waals surface area (Å²) in [7, 11) is 1.55. The molecule has 1 aliphatic rings. The highest BCUT2D eigenvalue weighted by Crippen LogP contribution is 2.26. The Kier molecular flexibility index (Phi) is 5.07. The normalized spacial score (nSPS) is 17.8. The molecule has 2 rings (SSSR count). The number of likely N-dealkylation sites (tertiary alicyclic amines) is 1. The first-order valence-corrected chi connectivity index (χ1v) is 7.25. The third-order valence-corrected chi connectivity index (χ3v) is 4.00. The van der Waals surface area contributed by atoms with Crippen LogP contribution in [-0.4, -0.2) is 41.6 Å². The summed E-state index contributed by atoms with van der Waals surface area (Å²) in [6.07, 6.45) is 2.10. The number of aliphatic carboxylic acids is 1. The molecule has 1 fully saturated rings. The molecule has 1 amide bonds. The van der Waals surface area contributed by atoms with Crippen LogP contribution in [0.15, 0.2) is 18.2 Å². The second kappa shape index (κ2) is 6.80. The number of hydrogen-bond acceptors (Lipinski definition) is 3. The van der Waals surface area contributed by atoms with Crippen LogP contribution in [0.1, 0.15) is 24.8 Å². The first kappa shape index (κ1) is 15.6. The Hall–Kier alpha value is -1.75. The summed E-state index contributed by atoms with van der Waals surface area (Å²) in [5, 5.41) is 9.59. The number of carboxylic acid groups (broad SMARTS) is 1. The molecule has 0 radical (unpaired) electrons. The zero-order valence-corrected chi connectivity index (χ0v) is 12.6. The number of halogens is 1. The van der Waals surface area contributed by atoms with Crippen molar-refractivity contribution in [3.8, 4) is 5.75 Å². The van der Waals surface area contributed by atoms with Gasteiger partial charge >= 0.3 is 5.97 Å². The Labute approximate surface area is 128 Å². The van der Waals surface area contributed by atoms with Gasteiger partial charge in [-0.25, -0.2) is 4.79 Å². The van der Waals surface area contributed by atoms with E-state index in [4.69, 9.17) is 21.4 Å². The molecule has 5 nitrogen and oxygen atoms in total. The van der Waals surface area contributed by atoms with Crippen molar-refractivity contribution in [2.45, 2.75) is 31.7 Å². The van der Waals surface area contributed by atoms with Gasteiger partial charge in [0.1, 0.15) is 11.8 Å². The molecule has 1 atom stereocenters. The van der Waals surface area contributed by atoms with E-state index in [0.29, 0.717) is 30.2 Å². The van der Waals surface area contributed by atoms with Crippen molar-refractivity contribution in [2.75, 3.05) is 13.7 Å². The van der Waals surface area contributed by atoms with Crippen LogP contribution in [0.5, 0.6) is 5.75 Å². The second-order valence-electron chi connectivity index (χ2n) is 5.05. The summed E-state index contributed by atoms with van der Waals surface area (Å²) in [6.45, 7) is 0.527. The fourth-order valence-corrected chi connectivity index (χ4v) is 2.86. The van der Waals surface area contributed by atoms with Crippen LogP contribution in [0, 0.1) is 0 Å². The number of rotatable bonds is 5. The van der Waals surface area contributed by atoms with Crippen molar-refractivity contribution in [1.82, 2.24) is 4.90 Å². The van der Waals surface area contributed by atoms with E-state index in [9.17, 15) is 9.59 Å². The van der Waals surface area contributed by atoms with Gasteiger partial charge in [0.05, 0.1) is 12.1 Å². The maximum absolute atomic E-state index is 12.1. The molecule has 1 aliphatic heterocycles. The van der Waals surface area contributed by atoms with Gasteiger partial charge in [0, 0.05) is 13.0 Å². The predicted molar refractivity (Wildman–Crippen MR) is 78.7 cm³/mol. The number of carbonyl (C=O) groups excluding carboxylic acids is 1. The van der Waals surface area contributed by atoms with Crippen LogP contribution in [-0.2, 0) is 16.0 Å². The predicted octanol–water partition coefficient (Wildman–Crippen LogP) is 2.36. The number of ether oxygens (including phenoxy) is 1. The fraction of sp³-hybridized carbons (Fsp3) is 0.467. The Morgan fingerprint density at radius 3 is 2.86 bits per heavy atom. The third kappa shape index (κ3) is 3.67. The number of nitrogens with zero attached hydrogens (tertiary/aromatic N) is 1. The van der Waals surface area contributed by atoms with Crippen molar-refractivity contribution in [2.24, 2.45) is 0 Å². The molecule has 0 aromatic heterocycles. The molecular formula is C15H18ClNO4. The minimum atomic E-state index is -0.923. The maximum Gasteiger partial charge on any atom is 0.326 e. The van der Waals surface area contributed by atoms with Gasteiger partial charge in [0.25, 0.3) is 0 Å². The monoisotopic (exact) mass is 311 g/mol. The van der Waals surface area contributed by atoms with Gasteiger partial charge in [0.15, 0.2) is 0 Å². The molecule has 0 aliphatic carbocycles. The van der Waals surface area contributed by atoms with Gasteiger partial charge in [0.2, 0.25) is 5.91 Å². The Morgan fingerprint density at radius 1 is 1.48 bits per heavy atom. The minimum absolute atomic E-state index is 0.119. The smallest absolute Gasteiger partial charge is 0.326 e. The second-order valence-corrected chi connectivity index (χ2v) is 5.46. The number of carbonyl (C=O) groups is 2. The number of hydrogen-bond donors (Lipinski definition) is 1. The summed E-state index contributed by atoms with van der Waals surface area (Å²) in [5.41, 5.74) is 0.931. The number of carboxylic acids is 1. The highest BCUT2D eigenvalue weighted by atomic mass is 35.5. The molecule has 0 unspecified atom stereocenters. The summed E-state index contributed by atoms with van der Waals surface area (Å²) in [6, 6.07) is 4.72. The Bertz CT molecular complexity index is 546. The standard InChI is InChI=1S/C15H18ClNO4/c1-21-13-6-4-10(9-11(13)16)5-7-14(18)17-8-2-3-12(17)15(19)20/h4,6,9,12H,2-3,5,7-8H2,1H3,(H,19,20)/t12-/m1/s1. The lowest BCUT2D eigenvalue weighted by molar-refractivity contribution is -0.148. The van der Waals surface area contributed by atoms with Gasteiger partial charge in [-0.2, -0.15) is 0 Å². The molecule has 1 aromatic rings. The molecule has 21 heavy (non-hydrogen) atoms. The van der Waals surface area contributed by atoms with Crippen LogP contribution in [0.3, 0.4) is 0 Å². The molecule has 6 heteroatoms. The van der Waals surface area contributed by atoms with Crippen LogP contribution >= 0.6 is 11.6 Å². The van der Waals surface area contributed by atoms with Gasteiger partial charge in [-0.3, -0.25) is 4.79 Å². The van der Waals surface area contributed by atoms with Gasteiger partial charge in [-0.05, 0) is 37.0 Å². The third-order valence-electron chi connectivity index (χ3n) is 3.70. The van der Waals surface area contributed by atoms with Crippen molar-refractivity contribution in [3.05, 3.63) is 28.8 Å².